The molecule has 2 aliphatic rings. The molecule has 0 saturated carbocycles. The zero-order chi connectivity index (χ0) is 20.1. The van der Waals surface area contributed by atoms with Gasteiger partial charge in [-0.15, -0.1) is 0 Å². The molecular weight excluding hydrogens is 404 g/mol. The number of piperidine rings is 1. The van der Waals surface area contributed by atoms with Gasteiger partial charge in [-0.3, -0.25) is 9.79 Å². The van der Waals surface area contributed by atoms with Gasteiger partial charge in [0.1, 0.15) is 18.1 Å². The number of ketones is 1. The zero-order valence-electron chi connectivity index (χ0n) is 15.6. The molecule has 1 saturated heterocycles. The average molecular weight is 427 g/mol. The van der Waals surface area contributed by atoms with E-state index in [2.05, 4.69) is 9.98 Å². The summed E-state index contributed by atoms with van der Waals surface area (Å²) in [6, 6.07) is 3.39. The molecule has 0 radical (unpaired) electrons. The second kappa shape index (κ2) is 9.02. The van der Waals surface area contributed by atoms with Crippen molar-refractivity contribution in [3.63, 3.8) is 0 Å². The number of aliphatic imine (C=N–C) groups is 1. The lowest BCUT2D eigenvalue weighted by Crippen LogP contribution is -2.50. The predicted octanol–water partition coefficient (Wildman–Crippen LogP) is 2.42. The number of Topliss-reactive ketones (excluding diaryl/α,β-unsaturated/α-hetero) is 1. The molecular formula is C18H23ClN4O4S. The lowest BCUT2D eigenvalue weighted by atomic mass is 10.1. The summed E-state index contributed by atoms with van der Waals surface area (Å²) in [6.07, 6.45) is 6.73. The molecule has 1 fully saturated rings. The van der Waals surface area contributed by atoms with Crippen LogP contribution in [0.5, 0.6) is 5.88 Å². The zero-order valence-corrected chi connectivity index (χ0v) is 17.1. The van der Waals surface area contributed by atoms with Crippen LogP contribution >= 0.6 is 11.6 Å². The van der Waals surface area contributed by atoms with Gasteiger partial charge in [0, 0.05) is 50.6 Å². The Morgan fingerprint density at radius 3 is 2.71 bits per heavy atom. The number of hydrogen-bond donors (Lipinski definition) is 0. The lowest BCUT2D eigenvalue weighted by Gasteiger charge is -2.36. The van der Waals surface area contributed by atoms with Crippen molar-refractivity contribution in [1.29, 1.82) is 0 Å². The maximum absolute atomic E-state index is 13.1. The van der Waals surface area contributed by atoms with Gasteiger partial charge in [-0.2, -0.15) is 12.7 Å². The van der Waals surface area contributed by atoms with Crippen LogP contribution in [0.25, 0.3) is 0 Å². The first-order chi connectivity index (χ1) is 13.4. The topological polar surface area (TPSA) is 92.2 Å². The normalized spacial score (nSPS) is 21.1. The van der Waals surface area contributed by atoms with Crippen molar-refractivity contribution in [3.05, 3.63) is 35.6 Å². The number of halogens is 1. The van der Waals surface area contributed by atoms with Crippen molar-refractivity contribution in [3.8, 4) is 5.88 Å². The number of carbonyl (C=O) groups excluding carboxylic acids is 1. The molecule has 0 aromatic carbocycles. The summed E-state index contributed by atoms with van der Waals surface area (Å²) >= 11 is 5.82. The molecule has 1 aromatic rings. The first-order valence-electron chi connectivity index (χ1n) is 9.18. The van der Waals surface area contributed by atoms with E-state index in [1.54, 1.807) is 25.1 Å². The Balaban J connectivity index is 1.61. The molecule has 28 heavy (non-hydrogen) atoms. The minimum Gasteiger partial charge on any atom is -0.474 e. The highest BCUT2D eigenvalue weighted by molar-refractivity contribution is 7.86. The molecule has 152 valence electrons. The fourth-order valence-corrected chi connectivity index (χ4v) is 4.79. The molecule has 8 nitrogen and oxygen atoms in total. The van der Waals surface area contributed by atoms with Crippen LogP contribution in [0, 0.1) is 0 Å². The smallest absolute Gasteiger partial charge is 0.305 e. The molecule has 0 N–H and O–H groups in total. The quantitative estimate of drug-likeness (QED) is 0.667. The van der Waals surface area contributed by atoms with Crippen molar-refractivity contribution in [1.82, 2.24) is 13.6 Å². The first-order valence-corrected chi connectivity index (χ1v) is 11.0. The Morgan fingerprint density at radius 1 is 1.32 bits per heavy atom. The fourth-order valence-electron chi connectivity index (χ4n) is 3.08. The van der Waals surface area contributed by atoms with Gasteiger partial charge in [0.15, 0.2) is 0 Å². The van der Waals surface area contributed by atoms with Crippen LogP contribution in [-0.2, 0) is 15.0 Å². The number of rotatable bonds is 7. The van der Waals surface area contributed by atoms with E-state index < -0.39 is 16.4 Å². The molecule has 2 aliphatic heterocycles. The summed E-state index contributed by atoms with van der Waals surface area (Å²) in [4.78, 5) is 20.1. The highest BCUT2D eigenvalue weighted by Crippen LogP contribution is 2.25. The summed E-state index contributed by atoms with van der Waals surface area (Å²) in [5, 5.41) is 0.529. The van der Waals surface area contributed by atoms with E-state index in [-0.39, 0.29) is 18.3 Å². The van der Waals surface area contributed by atoms with Crippen molar-refractivity contribution in [2.75, 3.05) is 13.1 Å². The largest absolute Gasteiger partial charge is 0.474 e. The molecule has 1 atom stereocenters. The van der Waals surface area contributed by atoms with E-state index in [1.165, 1.54) is 27.2 Å². The van der Waals surface area contributed by atoms with Gasteiger partial charge in [-0.1, -0.05) is 18.5 Å². The fraction of sp³-hybridized carbons (Fsp3) is 0.500. The van der Waals surface area contributed by atoms with Crippen LogP contribution in [0.3, 0.4) is 0 Å². The van der Waals surface area contributed by atoms with Crippen LogP contribution in [0.1, 0.15) is 32.6 Å². The number of nitrogens with zero attached hydrogens (tertiary/aromatic N) is 4. The van der Waals surface area contributed by atoms with E-state index in [1.807, 2.05) is 0 Å². The predicted molar refractivity (Wildman–Crippen MR) is 107 cm³/mol. The molecule has 0 amide bonds. The lowest BCUT2D eigenvalue weighted by molar-refractivity contribution is -0.119. The monoisotopic (exact) mass is 426 g/mol. The summed E-state index contributed by atoms with van der Waals surface area (Å²) < 4.78 is 34.6. The van der Waals surface area contributed by atoms with Gasteiger partial charge in [-0.25, -0.2) is 9.29 Å². The Morgan fingerprint density at radius 2 is 2.07 bits per heavy atom. The molecule has 3 rings (SSSR count). The van der Waals surface area contributed by atoms with Gasteiger partial charge in [0.25, 0.3) is 0 Å². The molecule has 1 aromatic heterocycles. The summed E-state index contributed by atoms with van der Waals surface area (Å²) in [5.74, 6) is 0.442. The number of allylic oxidation sites excluding steroid dienone is 1. The third-order valence-electron chi connectivity index (χ3n) is 4.66. The standard InChI is InChI=1S/C18H23ClN4O4S/c1-2-15(24)12-17-20-8-3-9-23(17)28(25,26)22-10-6-16(7-11-22)27-18-5-4-14(19)13-21-18/h3-5,8-9,13,16-17H,2,6-7,10-12H2,1H3. The van der Waals surface area contributed by atoms with Crippen LogP contribution in [0.4, 0.5) is 0 Å². The van der Waals surface area contributed by atoms with E-state index in [0.717, 1.165) is 0 Å². The molecule has 10 heteroatoms. The van der Waals surface area contributed by atoms with E-state index in [4.69, 9.17) is 16.3 Å². The number of pyridine rings is 1. The highest BCUT2D eigenvalue weighted by atomic mass is 35.5. The maximum Gasteiger partial charge on any atom is 0.305 e. The number of carbonyl (C=O) groups is 1. The Bertz CT molecular complexity index is 849. The second-order valence-electron chi connectivity index (χ2n) is 6.59. The summed E-state index contributed by atoms with van der Waals surface area (Å²) in [6.45, 7) is 2.40. The van der Waals surface area contributed by atoms with Crippen LogP contribution in [-0.4, -0.2) is 59.4 Å². The van der Waals surface area contributed by atoms with Gasteiger partial charge in [-0.05, 0) is 25.0 Å². The summed E-state index contributed by atoms with van der Waals surface area (Å²) in [5.41, 5.74) is 0. The average Bonchev–Trinajstić information content (AvgIpc) is 2.70. The maximum atomic E-state index is 13.1. The number of ether oxygens (including phenoxy) is 1. The van der Waals surface area contributed by atoms with Crippen molar-refractivity contribution in [2.24, 2.45) is 4.99 Å². The van der Waals surface area contributed by atoms with Crippen molar-refractivity contribution >= 4 is 33.8 Å². The third kappa shape index (κ3) is 4.89. The molecule has 0 spiro atoms. The first kappa shape index (κ1) is 20.8. The van der Waals surface area contributed by atoms with E-state index in [0.29, 0.717) is 43.3 Å². The Labute approximate surface area is 170 Å². The van der Waals surface area contributed by atoms with E-state index >= 15 is 0 Å². The Kier molecular flexibility index (Phi) is 6.69. The second-order valence-corrected chi connectivity index (χ2v) is 8.86. The summed E-state index contributed by atoms with van der Waals surface area (Å²) in [7, 11) is -3.76. The molecule has 1 unspecified atom stereocenters. The molecule has 0 aliphatic carbocycles. The van der Waals surface area contributed by atoms with Crippen molar-refractivity contribution < 1.29 is 17.9 Å². The number of hydrogen-bond acceptors (Lipinski definition) is 6. The molecule has 0 bridgehead atoms. The van der Waals surface area contributed by atoms with E-state index in [9.17, 15) is 13.2 Å². The van der Waals surface area contributed by atoms with Gasteiger partial charge in [0.2, 0.25) is 5.88 Å². The number of aromatic nitrogens is 1. The van der Waals surface area contributed by atoms with Crippen LogP contribution < -0.4 is 4.74 Å². The third-order valence-corrected chi connectivity index (χ3v) is 6.80. The minimum absolute atomic E-state index is 0.0276. The van der Waals surface area contributed by atoms with Gasteiger partial charge >= 0.3 is 10.2 Å². The highest BCUT2D eigenvalue weighted by Gasteiger charge is 2.36. The van der Waals surface area contributed by atoms with Gasteiger partial charge in [0.05, 0.1) is 5.02 Å². The molecule has 3 heterocycles. The SMILES string of the molecule is CCC(=O)CC1N=CC=CN1S(=O)(=O)N1CCC(Oc2ccc(Cl)cn2)CC1. The minimum atomic E-state index is -3.76. The Hall–Kier alpha value is -1.97. The van der Waals surface area contributed by atoms with Crippen molar-refractivity contribution in [2.45, 2.75) is 44.9 Å². The van der Waals surface area contributed by atoms with Crippen LogP contribution in [0.15, 0.2) is 35.6 Å². The van der Waals surface area contributed by atoms with Crippen LogP contribution in [0.2, 0.25) is 5.02 Å². The van der Waals surface area contributed by atoms with Gasteiger partial charge < -0.3 is 4.74 Å².